The number of likely N-dealkylation sites (N-methyl/N-ethyl adjacent to an activating group) is 1. The minimum absolute atomic E-state index is 0.00517. The predicted octanol–water partition coefficient (Wildman–Crippen LogP) is 3.02. The number of rotatable bonds is 5. The van der Waals surface area contributed by atoms with Crippen molar-refractivity contribution in [3.63, 3.8) is 0 Å². The Hall–Kier alpha value is -2.08. The summed E-state index contributed by atoms with van der Waals surface area (Å²) < 4.78 is 5.51. The molecular weight excluding hydrogens is 354 g/mol. The number of ether oxygens (including phenoxy) is 1. The van der Waals surface area contributed by atoms with Gasteiger partial charge in [0, 0.05) is 32.6 Å². The first-order valence-corrected chi connectivity index (χ1v) is 10.0. The van der Waals surface area contributed by atoms with Crippen LogP contribution in [-0.2, 0) is 16.0 Å². The van der Waals surface area contributed by atoms with E-state index in [4.69, 9.17) is 4.74 Å². The molecule has 0 aliphatic carbocycles. The fraction of sp³-hybridized carbons (Fsp3) is 0.636. The van der Waals surface area contributed by atoms with Crippen molar-refractivity contribution < 1.29 is 14.3 Å². The van der Waals surface area contributed by atoms with Gasteiger partial charge < -0.3 is 14.5 Å². The SMILES string of the molecule is CN(C)C1CCN(C(=O)[C@@H](Cc2ccccc2)N(C)C(=O)OC(C)(C)C)CC1. The lowest BCUT2D eigenvalue weighted by Crippen LogP contribution is -2.54. The van der Waals surface area contributed by atoms with Crippen LogP contribution in [0.3, 0.4) is 0 Å². The number of carbonyl (C=O) groups excluding carboxylic acids is 2. The van der Waals surface area contributed by atoms with Crippen molar-refractivity contribution in [1.29, 1.82) is 0 Å². The van der Waals surface area contributed by atoms with Gasteiger partial charge in [0.25, 0.3) is 0 Å². The molecule has 2 amide bonds. The Labute approximate surface area is 169 Å². The summed E-state index contributed by atoms with van der Waals surface area (Å²) in [6.45, 7) is 6.93. The first-order valence-electron chi connectivity index (χ1n) is 10.0. The third-order valence-electron chi connectivity index (χ3n) is 5.21. The van der Waals surface area contributed by atoms with Gasteiger partial charge in [0.15, 0.2) is 0 Å². The lowest BCUT2D eigenvalue weighted by molar-refractivity contribution is -0.138. The van der Waals surface area contributed by atoms with E-state index in [1.165, 1.54) is 4.90 Å². The second kappa shape index (κ2) is 9.41. The fourth-order valence-corrected chi connectivity index (χ4v) is 3.50. The molecule has 6 heteroatoms. The van der Waals surface area contributed by atoms with Gasteiger partial charge in [0.1, 0.15) is 11.6 Å². The van der Waals surface area contributed by atoms with Crippen LogP contribution in [0.2, 0.25) is 0 Å². The molecule has 1 fully saturated rings. The highest BCUT2D eigenvalue weighted by Gasteiger charge is 2.34. The minimum Gasteiger partial charge on any atom is -0.444 e. The van der Waals surface area contributed by atoms with Gasteiger partial charge in [-0.1, -0.05) is 30.3 Å². The molecule has 1 aliphatic heterocycles. The quantitative estimate of drug-likeness (QED) is 0.777. The maximum atomic E-state index is 13.4. The Balaban J connectivity index is 2.15. The maximum absolute atomic E-state index is 13.4. The number of carbonyl (C=O) groups is 2. The third-order valence-corrected chi connectivity index (χ3v) is 5.21. The molecule has 1 aliphatic rings. The summed E-state index contributed by atoms with van der Waals surface area (Å²) >= 11 is 0. The molecule has 0 spiro atoms. The number of hydrogen-bond acceptors (Lipinski definition) is 4. The molecule has 1 saturated heterocycles. The summed E-state index contributed by atoms with van der Waals surface area (Å²) in [6, 6.07) is 9.75. The maximum Gasteiger partial charge on any atom is 0.410 e. The molecule has 0 radical (unpaired) electrons. The molecule has 1 aromatic rings. The average molecular weight is 390 g/mol. The molecule has 0 bridgehead atoms. The van der Waals surface area contributed by atoms with Crippen LogP contribution in [-0.4, -0.2) is 78.6 Å². The molecule has 6 nitrogen and oxygen atoms in total. The van der Waals surface area contributed by atoms with Gasteiger partial charge in [0.2, 0.25) is 5.91 Å². The molecule has 1 heterocycles. The number of likely N-dealkylation sites (tertiary alicyclic amines) is 1. The van der Waals surface area contributed by atoms with Crippen molar-refractivity contribution in [1.82, 2.24) is 14.7 Å². The first-order chi connectivity index (χ1) is 13.1. The second-order valence-corrected chi connectivity index (χ2v) is 8.82. The molecule has 0 saturated carbocycles. The van der Waals surface area contributed by atoms with E-state index in [2.05, 4.69) is 19.0 Å². The average Bonchev–Trinajstić information content (AvgIpc) is 2.64. The van der Waals surface area contributed by atoms with Crippen LogP contribution in [0.4, 0.5) is 4.79 Å². The Morgan fingerprint density at radius 1 is 1.11 bits per heavy atom. The van der Waals surface area contributed by atoms with E-state index in [1.807, 2.05) is 56.0 Å². The van der Waals surface area contributed by atoms with Crippen LogP contribution in [0.1, 0.15) is 39.2 Å². The smallest absolute Gasteiger partial charge is 0.410 e. The van der Waals surface area contributed by atoms with Gasteiger partial charge in [-0.3, -0.25) is 9.69 Å². The summed E-state index contributed by atoms with van der Waals surface area (Å²) in [5.41, 5.74) is 0.426. The topological polar surface area (TPSA) is 53.1 Å². The van der Waals surface area contributed by atoms with E-state index >= 15 is 0 Å². The number of amides is 2. The highest BCUT2D eigenvalue weighted by molar-refractivity contribution is 5.86. The van der Waals surface area contributed by atoms with Crippen LogP contribution >= 0.6 is 0 Å². The van der Waals surface area contributed by atoms with Crippen LogP contribution in [0.25, 0.3) is 0 Å². The molecule has 0 unspecified atom stereocenters. The molecule has 0 N–H and O–H groups in total. The molecule has 0 aromatic heterocycles. The van der Waals surface area contributed by atoms with E-state index in [9.17, 15) is 9.59 Å². The van der Waals surface area contributed by atoms with Gasteiger partial charge in [-0.15, -0.1) is 0 Å². The van der Waals surface area contributed by atoms with Crippen LogP contribution in [0.5, 0.6) is 0 Å². The second-order valence-electron chi connectivity index (χ2n) is 8.82. The number of benzene rings is 1. The monoisotopic (exact) mass is 389 g/mol. The van der Waals surface area contributed by atoms with Crippen molar-refractivity contribution in [2.45, 2.75) is 57.7 Å². The summed E-state index contributed by atoms with van der Waals surface area (Å²) in [5, 5.41) is 0. The Kier molecular flexibility index (Phi) is 7.47. The normalized spacial score (nSPS) is 16.8. The van der Waals surface area contributed by atoms with E-state index < -0.39 is 17.7 Å². The molecule has 156 valence electrons. The first kappa shape index (κ1) is 22.2. The third kappa shape index (κ3) is 6.23. The Morgan fingerprint density at radius 2 is 1.68 bits per heavy atom. The zero-order valence-electron chi connectivity index (χ0n) is 18.1. The highest BCUT2D eigenvalue weighted by atomic mass is 16.6. The summed E-state index contributed by atoms with van der Waals surface area (Å²) in [4.78, 5) is 31.6. The Bertz CT molecular complexity index is 647. The zero-order chi connectivity index (χ0) is 20.9. The van der Waals surface area contributed by atoms with Crippen molar-refractivity contribution in [2.75, 3.05) is 34.2 Å². The van der Waals surface area contributed by atoms with Crippen LogP contribution in [0.15, 0.2) is 30.3 Å². The summed E-state index contributed by atoms with van der Waals surface area (Å²) in [5.74, 6) is -0.00517. The van der Waals surface area contributed by atoms with Crippen molar-refractivity contribution in [3.8, 4) is 0 Å². The van der Waals surface area contributed by atoms with E-state index in [-0.39, 0.29) is 5.91 Å². The molecule has 2 rings (SSSR count). The highest BCUT2D eigenvalue weighted by Crippen LogP contribution is 2.19. The van der Waals surface area contributed by atoms with Crippen LogP contribution < -0.4 is 0 Å². The summed E-state index contributed by atoms with van der Waals surface area (Å²) in [6.07, 6.45) is 1.91. The number of nitrogens with zero attached hydrogens (tertiary/aromatic N) is 3. The van der Waals surface area contributed by atoms with Gasteiger partial charge in [0.05, 0.1) is 0 Å². The molecular formula is C22H35N3O3. The largest absolute Gasteiger partial charge is 0.444 e. The number of piperidine rings is 1. The van der Waals surface area contributed by atoms with E-state index in [0.29, 0.717) is 12.5 Å². The molecule has 28 heavy (non-hydrogen) atoms. The minimum atomic E-state index is -0.601. The lowest BCUT2D eigenvalue weighted by Gasteiger charge is -2.38. The van der Waals surface area contributed by atoms with Crippen molar-refractivity contribution in [2.24, 2.45) is 0 Å². The fourth-order valence-electron chi connectivity index (χ4n) is 3.50. The molecule has 1 aromatic carbocycles. The zero-order valence-corrected chi connectivity index (χ0v) is 18.1. The standard InChI is InChI=1S/C22H35N3O3/c1-22(2,3)28-21(27)24(6)19(16-17-10-8-7-9-11-17)20(26)25-14-12-18(13-15-25)23(4)5/h7-11,18-19H,12-16H2,1-6H3/t19-/m1/s1. The predicted molar refractivity (Wildman–Crippen MR) is 111 cm³/mol. The Morgan fingerprint density at radius 3 is 2.18 bits per heavy atom. The molecule has 1 atom stereocenters. The van der Waals surface area contributed by atoms with E-state index in [1.54, 1.807) is 7.05 Å². The van der Waals surface area contributed by atoms with Gasteiger partial charge in [-0.2, -0.15) is 0 Å². The number of hydrogen-bond donors (Lipinski definition) is 0. The van der Waals surface area contributed by atoms with Gasteiger partial charge in [-0.05, 0) is 53.3 Å². The summed E-state index contributed by atoms with van der Waals surface area (Å²) in [7, 11) is 5.82. The van der Waals surface area contributed by atoms with Crippen molar-refractivity contribution >= 4 is 12.0 Å². The van der Waals surface area contributed by atoms with E-state index in [0.717, 1.165) is 31.5 Å². The van der Waals surface area contributed by atoms with Gasteiger partial charge in [-0.25, -0.2) is 4.79 Å². The van der Waals surface area contributed by atoms with Crippen molar-refractivity contribution in [3.05, 3.63) is 35.9 Å². The van der Waals surface area contributed by atoms with Gasteiger partial charge >= 0.3 is 6.09 Å². The van der Waals surface area contributed by atoms with Crippen LogP contribution in [0, 0.1) is 0 Å². The lowest BCUT2D eigenvalue weighted by atomic mass is 10.00.